The lowest BCUT2D eigenvalue weighted by Crippen LogP contribution is -2.35. The standard InChI is InChI=1S/C21H23ClN2O5/c1-4-28-21(26)18-16(13-7-5-6-8-14(13)22)17-15(29-19(18)23)11-12(2)24(20(17)25)9-10-27-3/h5-8,11,16H,4,9-10,23H2,1-3H3/t16-/m0/s1. The third kappa shape index (κ3) is 3.88. The van der Waals surface area contributed by atoms with Gasteiger partial charge in [-0.1, -0.05) is 29.8 Å². The fourth-order valence-electron chi connectivity index (χ4n) is 3.47. The van der Waals surface area contributed by atoms with Crippen molar-refractivity contribution >= 4 is 17.6 Å². The zero-order chi connectivity index (χ0) is 21.1. The van der Waals surface area contributed by atoms with Gasteiger partial charge in [0, 0.05) is 30.4 Å². The Hall–Kier alpha value is -2.77. The number of aromatic nitrogens is 1. The average Bonchev–Trinajstić information content (AvgIpc) is 2.67. The SMILES string of the molecule is CCOC(=O)C1=C(N)Oc2cc(C)n(CCOC)c(=O)c2[C@@H]1c1ccccc1Cl. The Labute approximate surface area is 173 Å². The van der Waals surface area contributed by atoms with Crippen molar-refractivity contribution in [3.05, 3.63) is 74.0 Å². The van der Waals surface area contributed by atoms with Gasteiger partial charge in [0.1, 0.15) is 11.3 Å². The van der Waals surface area contributed by atoms with Gasteiger partial charge < -0.3 is 24.5 Å². The van der Waals surface area contributed by atoms with Crippen LogP contribution in [0.25, 0.3) is 0 Å². The van der Waals surface area contributed by atoms with Crippen molar-refractivity contribution in [3.8, 4) is 5.75 Å². The first-order valence-corrected chi connectivity index (χ1v) is 9.60. The molecule has 0 radical (unpaired) electrons. The van der Waals surface area contributed by atoms with Crippen LogP contribution in [0, 0.1) is 6.92 Å². The van der Waals surface area contributed by atoms with Gasteiger partial charge in [0.05, 0.1) is 24.7 Å². The van der Waals surface area contributed by atoms with Gasteiger partial charge in [0.25, 0.3) is 5.56 Å². The van der Waals surface area contributed by atoms with E-state index in [0.717, 1.165) is 0 Å². The van der Waals surface area contributed by atoms with Crippen molar-refractivity contribution in [1.82, 2.24) is 4.57 Å². The molecule has 3 rings (SSSR count). The Morgan fingerprint density at radius 1 is 1.34 bits per heavy atom. The number of esters is 1. The summed E-state index contributed by atoms with van der Waals surface area (Å²) in [6.45, 7) is 4.37. The number of rotatable bonds is 6. The van der Waals surface area contributed by atoms with Crippen molar-refractivity contribution in [1.29, 1.82) is 0 Å². The number of nitrogens with zero attached hydrogens (tertiary/aromatic N) is 1. The number of benzene rings is 1. The van der Waals surface area contributed by atoms with Crippen LogP contribution < -0.4 is 16.0 Å². The smallest absolute Gasteiger partial charge is 0.340 e. The van der Waals surface area contributed by atoms with Crippen molar-refractivity contribution in [2.45, 2.75) is 26.3 Å². The normalized spacial score (nSPS) is 15.7. The molecule has 8 heteroatoms. The third-order valence-electron chi connectivity index (χ3n) is 4.80. The van der Waals surface area contributed by atoms with Crippen LogP contribution in [0.1, 0.15) is 29.7 Å². The van der Waals surface area contributed by atoms with E-state index < -0.39 is 11.9 Å². The minimum Gasteiger partial charge on any atom is -0.462 e. The van der Waals surface area contributed by atoms with E-state index in [9.17, 15) is 9.59 Å². The quantitative estimate of drug-likeness (QED) is 0.725. The van der Waals surface area contributed by atoms with Gasteiger partial charge in [0.2, 0.25) is 5.88 Å². The van der Waals surface area contributed by atoms with Crippen LogP contribution in [0.5, 0.6) is 5.75 Å². The zero-order valence-electron chi connectivity index (χ0n) is 16.5. The lowest BCUT2D eigenvalue weighted by atomic mass is 9.83. The molecule has 0 fully saturated rings. The predicted octanol–water partition coefficient (Wildman–Crippen LogP) is 2.71. The first kappa shape index (κ1) is 21.0. The Balaban J connectivity index is 2.30. The molecule has 0 amide bonds. The van der Waals surface area contributed by atoms with Crippen LogP contribution in [0.15, 0.2) is 46.6 Å². The van der Waals surface area contributed by atoms with E-state index in [4.69, 9.17) is 31.5 Å². The van der Waals surface area contributed by atoms with Crippen LogP contribution >= 0.6 is 11.6 Å². The highest BCUT2D eigenvalue weighted by molar-refractivity contribution is 6.31. The molecular formula is C21H23ClN2O5. The van der Waals surface area contributed by atoms with E-state index in [-0.39, 0.29) is 29.2 Å². The van der Waals surface area contributed by atoms with Gasteiger partial charge in [-0.15, -0.1) is 0 Å². The molecule has 29 heavy (non-hydrogen) atoms. The molecule has 0 saturated heterocycles. The summed E-state index contributed by atoms with van der Waals surface area (Å²) in [7, 11) is 1.57. The molecule has 1 aromatic heterocycles. The summed E-state index contributed by atoms with van der Waals surface area (Å²) < 4.78 is 17.6. The predicted molar refractivity (Wildman–Crippen MR) is 109 cm³/mol. The monoisotopic (exact) mass is 418 g/mol. The van der Waals surface area contributed by atoms with Gasteiger partial charge in [-0.2, -0.15) is 0 Å². The summed E-state index contributed by atoms with van der Waals surface area (Å²) in [6, 6.07) is 8.74. The number of methoxy groups -OCH3 is 1. The highest BCUT2D eigenvalue weighted by atomic mass is 35.5. The van der Waals surface area contributed by atoms with E-state index in [1.165, 1.54) is 0 Å². The van der Waals surface area contributed by atoms with E-state index >= 15 is 0 Å². The maximum Gasteiger partial charge on any atom is 0.340 e. The number of carbonyl (C=O) groups excluding carboxylic acids is 1. The summed E-state index contributed by atoms with van der Waals surface area (Å²) in [6.07, 6.45) is 0. The highest BCUT2D eigenvalue weighted by Crippen LogP contribution is 2.43. The van der Waals surface area contributed by atoms with Crippen molar-refractivity contribution < 1.29 is 19.0 Å². The molecule has 1 atom stereocenters. The summed E-state index contributed by atoms with van der Waals surface area (Å²) >= 11 is 6.44. The molecular weight excluding hydrogens is 396 g/mol. The molecule has 2 aromatic rings. The number of fused-ring (bicyclic) bond motifs is 1. The maximum atomic E-state index is 13.4. The number of carbonyl (C=O) groups is 1. The van der Waals surface area contributed by atoms with E-state index in [1.807, 2.05) is 0 Å². The molecule has 0 aliphatic carbocycles. The second-order valence-electron chi connectivity index (χ2n) is 6.57. The van der Waals surface area contributed by atoms with Crippen LogP contribution in [0.4, 0.5) is 0 Å². The molecule has 1 aromatic carbocycles. The first-order chi connectivity index (χ1) is 13.9. The number of halogens is 1. The van der Waals surface area contributed by atoms with Gasteiger partial charge in [0.15, 0.2) is 0 Å². The molecule has 0 bridgehead atoms. The molecule has 0 spiro atoms. The number of nitrogens with two attached hydrogens (primary N) is 1. The van der Waals surface area contributed by atoms with Crippen molar-refractivity contribution in [2.24, 2.45) is 5.73 Å². The Morgan fingerprint density at radius 3 is 2.72 bits per heavy atom. The number of ether oxygens (including phenoxy) is 3. The minimum atomic E-state index is -0.812. The van der Waals surface area contributed by atoms with Crippen LogP contribution in [0.3, 0.4) is 0 Å². The minimum absolute atomic E-state index is 0.0618. The maximum absolute atomic E-state index is 13.4. The van der Waals surface area contributed by atoms with Crippen molar-refractivity contribution in [2.75, 3.05) is 20.3 Å². The van der Waals surface area contributed by atoms with E-state index in [1.54, 1.807) is 55.9 Å². The third-order valence-corrected chi connectivity index (χ3v) is 5.14. The summed E-state index contributed by atoms with van der Waals surface area (Å²) in [4.78, 5) is 26.2. The molecule has 2 heterocycles. The summed E-state index contributed by atoms with van der Waals surface area (Å²) in [5.41, 5.74) is 7.43. The fourth-order valence-corrected chi connectivity index (χ4v) is 3.72. The molecule has 1 aliphatic heterocycles. The second kappa shape index (κ2) is 8.71. The number of aryl methyl sites for hydroxylation is 1. The van der Waals surface area contributed by atoms with E-state index in [0.29, 0.717) is 35.2 Å². The van der Waals surface area contributed by atoms with Crippen LogP contribution in [-0.4, -0.2) is 30.9 Å². The largest absolute Gasteiger partial charge is 0.462 e. The van der Waals surface area contributed by atoms with Crippen molar-refractivity contribution in [3.63, 3.8) is 0 Å². The fraction of sp³-hybridized carbons (Fsp3) is 0.333. The summed E-state index contributed by atoms with van der Waals surface area (Å²) in [5.74, 6) is -1.26. The molecule has 1 aliphatic rings. The second-order valence-corrected chi connectivity index (χ2v) is 6.98. The zero-order valence-corrected chi connectivity index (χ0v) is 17.3. The lowest BCUT2D eigenvalue weighted by molar-refractivity contribution is -0.139. The number of hydrogen-bond donors (Lipinski definition) is 1. The molecule has 0 unspecified atom stereocenters. The highest BCUT2D eigenvalue weighted by Gasteiger charge is 2.39. The Morgan fingerprint density at radius 2 is 2.07 bits per heavy atom. The lowest BCUT2D eigenvalue weighted by Gasteiger charge is -2.29. The number of hydrogen-bond acceptors (Lipinski definition) is 6. The van der Waals surface area contributed by atoms with Gasteiger partial charge in [-0.05, 0) is 25.5 Å². The van der Waals surface area contributed by atoms with E-state index in [2.05, 4.69) is 0 Å². The average molecular weight is 419 g/mol. The molecule has 0 saturated carbocycles. The van der Waals surface area contributed by atoms with Crippen LogP contribution in [0.2, 0.25) is 5.02 Å². The van der Waals surface area contributed by atoms with Gasteiger partial charge >= 0.3 is 5.97 Å². The molecule has 2 N–H and O–H groups in total. The Kier molecular flexibility index (Phi) is 6.30. The van der Waals surface area contributed by atoms with Gasteiger partial charge in [-0.25, -0.2) is 4.79 Å². The summed E-state index contributed by atoms with van der Waals surface area (Å²) in [5, 5.41) is 0.406. The van der Waals surface area contributed by atoms with Crippen LogP contribution in [-0.2, 0) is 20.8 Å². The molecule has 7 nitrogen and oxygen atoms in total. The first-order valence-electron chi connectivity index (χ1n) is 9.23. The number of pyridine rings is 1. The topological polar surface area (TPSA) is 92.8 Å². The molecule has 154 valence electrons. The Bertz CT molecular complexity index is 1030. The van der Waals surface area contributed by atoms with Gasteiger partial charge in [-0.3, -0.25) is 4.79 Å².